The topological polar surface area (TPSA) is 50.3 Å². The van der Waals surface area contributed by atoms with Crippen LogP contribution in [0.3, 0.4) is 0 Å². The lowest BCUT2D eigenvalue weighted by molar-refractivity contribution is 0.0342. The van der Waals surface area contributed by atoms with Crippen LogP contribution in [0.15, 0.2) is 30.6 Å². The zero-order chi connectivity index (χ0) is 18.8. The molecule has 1 aromatic carbocycles. The zero-order valence-electron chi connectivity index (χ0n) is 16.1. The van der Waals surface area contributed by atoms with Gasteiger partial charge in [-0.25, -0.2) is 9.97 Å². The molecule has 0 atom stereocenters. The van der Waals surface area contributed by atoms with Gasteiger partial charge in [0, 0.05) is 31.1 Å². The highest BCUT2D eigenvalue weighted by Gasteiger charge is 2.19. The average molecular weight is 395 g/mol. The number of hydrogen-bond donors (Lipinski definition) is 1. The maximum atomic E-state index is 5.45. The van der Waals surface area contributed by atoms with E-state index in [0.29, 0.717) is 0 Å². The van der Waals surface area contributed by atoms with Gasteiger partial charge in [-0.05, 0) is 42.4 Å². The van der Waals surface area contributed by atoms with Crippen LogP contribution in [-0.4, -0.2) is 41.2 Å². The Labute approximate surface area is 169 Å². The summed E-state index contributed by atoms with van der Waals surface area (Å²) < 4.78 is 5.45. The third kappa shape index (κ3) is 3.77. The van der Waals surface area contributed by atoms with Gasteiger partial charge >= 0.3 is 0 Å². The molecule has 1 aliphatic heterocycles. The van der Waals surface area contributed by atoms with Crippen LogP contribution in [0.25, 0.3) is 10.2 Å². The number of morpholine rings is 1. The van der Waals surface area contributed by atoms with E-state index in [2.05, 4.69) is 44.5 Å². The summed E-state index contributed by atoms with van der Waals surface area (Å²) >= 11 is 1.85. The Bertz CT molecular complexity index is 964. The summed E-state index contributed by atoms with van der Waals surface area (Å²) in [6.45, 7) is 5.50. The van der Waals surface area contributed by atoms with E-state index in [1.165, 1.54) is 46.2 Å². The van der Waals surface area contributed by atoms with Gasteiger partial charge in [-0.2, -0.15) is 0 Å². The lowest BCUT2D eigenvalue weighted by atomic mass is 9.97. The number of aryl methyl sites for hydroxylation is 2. The van der Waals surface area contributed by atoms with Crippen LogP contribution in [0.5, 0.6) is 0 Å². The minimum Gasteiger partial charge on any atom is -0.379 e. The number of fused-ring (bicyclic) bond motifs is 3. The van der Waals surface area contributed by atoms with Crippen LogP contribution in [0.4, 0.5) is 5.82 Å². The molecule has 0 amide bonds. The second-order valence-electron chi connectivity index (χ2n) is 7.68. The number of thiophene rings is 1. The number of aromatic nitrogens is 2. The fraction of sp³-hybridized carbons (Fsp3) is 0.455. The van der Waals surface area contributed by atoms with Gasteiger partial charge in [0.1, 0.15) is 17.0 Å². The number of nitrogens with zero attached hydrogens (tertiary/aromatic N) is 3. The molecule has 5 nitrogen and oxygen atoms in total. The highest BCUT2D eigenvalue weighted by Crippen LogP contribution is 2.38. The molecule has 0 saturated carbocycles. The summed E-state index contributed by atoms with van der Waals surface area (Å²) in [7, 11) is 0. The van der Waals surface area contributed by atoms with Gasteiger partial charge in [-0.3, -0.25) is 4.90 Å². The first-order valence-corrected chi connectivity index (χ1v) is 11.1. The summed E-state index contributed by atoms with van der Waals surface area (Å²) in [6, 6.07) is 8.88. The molecular weight excluding hydrogens is 368 g/mol. The largest absolute Gasteiger partial charge is 0.379 e. The maximum absolute atomic E-state index is 5.45. The van der Waals surface area contributed by atoms with Gasteiger partial charge in [0.15, 0.2) is 0 Å². The predicted molar refractivity (Wildman–Crippen MR) is 114 cm³/mol. The van der Waals surface area contributed by atoms with E-state index in [1.54, 1.807) is 6.33 Å². The molecule has 2 aliphatic rings. The number of benzene rings is 1. The molecule has 146 valence electrons. The van der Waals surface area contributed by atoms with E-state index in [9.17, 15) is 0 Å². The van der Waals surface area contributed by atoms with Gasteiger partial charge < -0.3 is 10.1 Å². The molecule has 5 rings (SSSR count). The van der Waals surface area contributed by atoms with Crippen molar-refractivity contribution < 1.29 is 4.74 Å². The molecule has 1 N–H and O–H groups in total. The number of anilines is 1. The molecule has 1 saturated heterocycles. The Morgan fingerprint density at radius 3 is 2.86 bits per heavy atom. The van der Waals surface area contributed by atoms with E-state index in [0.717, 1.165) is 56.5 Å². The normalized spacial score (nSPS) is 17.6. The highest BCUT2D eigenvalue weighted by molar-refractivity contribution is 7.19. The number of ether oxygens (including phenoxy) is 1. The van der Waals surface area contributed by atoms with Gasteiger partial charge in [0.2, 0.25) is 0 Å². The first-order valence-electron chi connectivity index (χ1n) is 10.2. The summed E-state index contributed by atoms with van der Waals surface area (Å²) in [5.41, 5.74) is 4.14. The van der Waals surface area contributed by atoms with Crippen LogP contribution in [0, 0.1) is 0 Å². The van der Waals surface area contributed by atoms with Gasteiger partial charge in [0.05, 0.1) is 18.6 Å². The standard InChI is InChI=1S/C22H26N4OS/c1-2-7-19-18(6-1)20-21(24-15-25-22(20)28-19)23-13-16-4-3-5-17(12-16)14-26-8-10-27-11-9-26/h3-5,12,15H,1-2,6-11,13-14H2,(H,23,24,25). The minimum absolute atomic E-state index is 0.785. The Balaban J connectivity index is 1.32. The smallest absolute Gasteiger partial charge is 0.138 e. The summed E-state index contributed by atoms with van der Waals surface area (Å²) in [4.78, 5) is 14.2. The summed E-state index contributed by atoms with van der Waals surface area (Å²) in [5, 5.41) is 4.85. The third-order valence-electron chi connectivity index (χ3n) is 5.71. The van der Waals surface area contributed by atoms with Crippen molar-refractivity contribution in [1.29, 1.82) is 0 Å². The van der Waals surface area contributed by atoms with Crippen LogP contribution >= 0.6 is 11.3 Å². The number of rotatable bonds is 5. The Morgan fingerprint density at radius 1 is 1.07 bits per heavy atom. The van der Waals surface area contributed by atoms with E-state index >= 15 is 0 Å². The van der Waals surface area contributed by atoms with Crippen LogP contribution in [-0.2, 0) is 30.7 Å². The minimum atomic E-state index is 0.785. The maximum Gasteiger partial charge on any atom is 0.138 e. The first-order chi connectivity index (χ1) is 13.9. The summed E-state index contributed by atoms with van der Waals surface area (Å²) in [5.74, 6) is 0.989. The molecule has 6 heteroatoms. The molecular formula is C22H26N4OS. The summed E-state index contributed by atoms with van der Waals surface area (Å²) in [6.07, 6.45) is 6.62. The van der Waals surface area contributed by atoms with Crippen LogP contribution < -0.4 is 5.32 Å². The second kappa shape index (κ2) is 8.15. The van der Waals surface area contributed by atoms with Crippen molar-refractivity contribution in [3.8, 4) is 0 Å². The third-order valence-corrected chi connectivity index (χ3v) is 6.91. The lowest BCUT2D eigenvalue weighted by Gasteiger charge is -2.26. The highest BCUT2D eigenvalue weighted by atomic mass is 32.1. The van der Waals surface area contributed by atoms with Crippen molar-refractivity contribution in [3.05, 3.63) is 52.2 Å². The van der Waals surface area contributed by atoms with Crippen molar-refractivity contribution in [2.24, 2.45) is 0 Å². The molecule has 1 fully saturated rings. The SMILES string of the molecule is c1cc(CNc2ncnc3sc4c(c23)CCCC4)cc(CN2CCOCC2)c1. The monoisotopic (exact) mass is 394 g/mol. The quantitative estimate of drug-likeness (QED) is 0.708. The molecule has 1 aliphatic carbocycles. The predicted octanol–water partition coefficient (Wildman–Crippen LogP) is 4.01. The van der Waals surface area contributed by atoms with E-state index in [1.807, 2.05) is 11.3 Å². The Morgan fingerprint density at radius 2 is 1.93 bits per heavy atom. The number of nitrogens with one attached hydrogen (secondary N) is 1. The molecule has 3 heterocycles. The fourth-order valence-electron chi connectivity index (χ4n) is 4.27. The van der Waals surface area contributed by atoms with Crippen molar-refractivity contribution in [1.82, 2.24) is 14.9 Å². The second-order valence-corrected chi connectivity index (χ2v) is 8.76. The van der Waals surface area contributed by atoms with Gasteiger partial charge in [-0.1, -0.05) is 24.3 Å². The lowest BCUT2D eigenvalue weighted by Crippen LogP contribution is -2.35. The van der Waals surface area contributed by atoms with E-state index in [-0.39, 0.29) is 0 Å². The number of hydrogen-bond acceptors (Lipinski definition) is 6. The molecule has 0 spiro atoms. The van der Waals surface area contributed by atoms with E-state index < -0.39 is 0 Å². The molecule has 3 aromatic rings. The molecule has 0 unspecified atom stereocenters. The van der Waals surface area contributed by atoms with Crippen molar-refractivity contribution >= 4 is 27.4 Å². The van der Waals surface area contributed by atoms with Crippen molar-refractivity contribution in [2.45, 2.75) is 38.8 Å². The molecule has 2 aromatic heterocycles. The van der Waals surface area contributed by atoms with Crippen LogP contribution in [0.1, 0.15) is 34.4 Å². The first kappa shape index (κ1) is 18.0. The van der Waals surface area contributed by atoms with Crippen LogP contribution in [0.2, 0.25) is 0 Å². The van der Waals surface area contributed by atoms with Crippen molar-refractivity contribution in [3.63, 3.8) is 0 Å². The van der Waals surface area contributed by atoms with Crippen molar-refractivity contribution in [2.75, 3.05) is 31.6 Å². The Hall–Kier alpha value is -2.02. The van der Waals surface area contributed by atoms with Gasteiger partial charge in [-0.15, -0.1) is 11.3 Å². The molecule has 0 radical (unpaired) electrons. The van der Waals surface area contributed by atoms with Gasteiger partial charge in [0.25, 0.3) is 0 Å². The fourth-order valence-corrected chi connectivity index (χ4v) is 5.49. The Kier molecular flexibility index (Phi) is 5.25. The molecule has 28 heavy (non-hydrogen) atoms. The van der Waals surface area contributed by atoms with E-state index in [4.69, 9.17) is 4.74 Å². The average Bonchev–Trinajstić information content (AvgIpc) is 3.12. The zero-order valence-corrected chi connectivity index (χ0v) is 16.9. The molecule has 0 bridgehead atoms.